The minimum Gasteiger partial charge on any atom is -0.496 e. The Hall–Kier alpha value is -1.33. The van der Waals surface area contributed by atoms with Crippen molar-refractivity contribution in [3.8, 4) is 5.75 Å². The van der Waals surface area contributed by atoms with Crippen molar-refractivity contribution in [1.82, 2.24) is 14.9 Å². The summed E-state index contributed by atoms with van der Waals surface area (Å²) in [6.07, 6.45) is 4.68. The van der Waals surface area contributed by atoms with Crippen molar-refractivity contribution in [2.75, 3.05) is 14.2 Å². The first kappa shape index (κ1) is 14.1. The molecule has 0 amide bonds. The Morgan fingerprint density at radius 2 is 2.26 bits per heavy atom. The Kier molecular flexibility index (Phi) is 4.61. The minimum absolute atomic E-state index is 0.171. The summed E-state index contributed by atoms with van der Waals surface area (Å²) in [6, 6.07) is 6.22. The lowest BCUT2D eigenvalue weighted by Crippen LogP contribution is -2.19. The van der Waals surface area contributed by atoms with Gasteiger partial charge in [0.15, 0.2) is 0 Å². The van der Waals surface area contributed by atoms with Gasteiger partial charge in [0.25, 0.3) is 0 Å². The van der Waals surface area contributed by atoms with E-state index in [-0.39, 0.29) is 6.04 Å². The number of benzene rings is 1. The molecule has 1 aromatic carbocycles. The fourth-order valence-electron chi connectivity index (χ4n) is 2.09. The number of aryl methyl sites for hydroxylation is 1. The van der Waals surface area contributed by atoms with Gasteiger partial charge in [-0.1, -0.05) is 15.9 Å². The highest BCUT2D eigenvalue weighted by Crippen LogP contribution is 2.27. The van der Waals surface area contributed by atoms with Gasteiger partial charge in [-0.05, 0) is 37.2 Å². The van der Waals surface area contributed by atoms with E-state index < -0.39 is 0 Å². The van der Waals surface area contributed by atoms with Crippen LogP contribution in [0.3, 0.4) is 0 Å². The van der Waals surface area contributed by atoms with E-state index in [0.717, 1.165) is 27.9 Å². The van der Waals surface area contributed by atoms with E-state index in [9.17, 15) is 0 Å². The van der Waals surface area contributed by atoms with Crippen LogP contribution >= 0.6 is 15.9 Å². The van der Waals surface area contributed by atoms with E-state index in [4.69, 9.17) is 4.74 Å². The van der Waals surface area contributed by atoms with Crippen molar-refractivity contribution in [3.05, 3.63) is 46.5 Å². The van der Waals surface area contributed by atoms with E-state index in [1.54, 1.807) is 7.11 Å². The molecule has 5 heteroatoms. The smallest absolute Gasteiger partial charge is 0.122 e. The van der Waals surface area contributed by atoms with Crippen LogP contribution in [0.25, 0.3) is 0 Å². The maximum Gasteiger partial charge on any atom is 0.122 e. The van der Waals surface area contributed by atoms with E-state index in [1.807, 2.05) is 43.3 Å². The van der Waals surface area contributed by atoms with E-state index in [0.29, 0.717) is 0 Å². The quantitative estimate of drug-likeness (QED) is 0.919. The zero-order chi connectivity index (χ0) is 13.8. The van der Waals surface area contributed by atoms with Gasteiger partial charge < -0.3 is 14.6 Å². The largest absolute Gasteiger partial charge is 0.496 e. The number of nitrogens with zero attached hydrogens (tertiary/aromatic N) is 2. The summed E-state index contributed by atoms with van der Waals surface area (Å²) in [5.41, 5.74) is 2.19. The molecule has 0 saturated carbocycles. The lowest BCUT2D eigenvalue weighted by Gasteiger charge is -2.16. The number of aromatic nitrogens is 2. The number of methoxy groups -OCH3 is 1. The van der Waals surface area contributed by atoms with Gasteiger partial charge in [-0.3, -0.25) is 0 Å². The topological polar surface area (TPSA) is 39.1 Å². The molecule has 1 N–H and O–H groups in total. The molecule has 0 aliphatic heterocycles. The summed E-state index contributed by atoms with van der Waals surface area (Å²) in [5.74, 6) is 0.902. The number of hydrogen-bond acceptors (Lipinski definition) is 3. The number of imidazole rings is 1. The van der Waals surface area contributed by atoms with Crippen molar-refractivity contribution < 1.29 is 4.74 Å². The van der Waals surface area contributed by atoms with Crippen molar-refractivity contribution in [1.29, 1.82) is 0 Å². The maximum absolute atomic E-state index is 5.41. The van der Waals surface area contributed by atoms with Gasteiger partial charge in [-0.25, -0.2) is 4.98 Å². The highest BCUT2D eigenvalue weighted by atomic mass is 79.9. The van der Waals surface area contributed by atoms with Crippen LogP contribution in [-0.4, -0.2) is 23.7 Å². The van der Waals surface area contributed by atoms with Crippen LogP contribution in [0.5, 0.6) is 5.75 Å². The molecule has 19 heavy (non-hydrogen) atoms. The van der Waals surface area contributed by atoms with Gasteiger partial charge in [-0.2, -0.15) is 0 Å². The second kappa shape index (κ2) is 6.21. The van der Waals surface area contributed by atoms with Crippen LogP contribution in [0.4, 0.5) is 0 Å². The predicted molar refractivity (Wildman–Crippen MR) is 79.4 cm³/mol. The molecule has 0 aliphatic carbocycles. The molecule has 0 radical (unpaired) electrons. The highest BCUT2D eigenvalue weighted by molar-refractivity contribution is 9.10. The maximum atomic E-state index is 5.41. The summed E-state index contributed by atoms with van der Waals surface area (Å²) in [5, 5.41) is 3.30. The molecule has 4 nitrogen and oxygen atoms in total. The summed E-state index contributed by atoms with van der Waals surface area (Å²) < 4.78 is 8.42. The molecule has 2 aromatic rings. The highest BCUT2D eigenvalue weighted by Gasteiger charge is 2.15. The molecular weight excluding hydrogens is 306 g/mol. The fourth-order valence-corrected chi connectivity index (χ4v) is 2.50. The first-order chi connectivity index (χ1) is 9.13. The third kappa shape index (κ3) is 3.36. The Bertz CT molecular complexity index is 553. The number of hydrogen-bond donors (Lipinski definition) is 1. The first-order valence-electron chi connectivity index (χ1n) is 6.11. The third-order valence-corrected chi connectivity index (χ3v) is 3.59. The molecule has 102 valence electrons. The van der Waals surface area contributed by atoms with Crippen molar-refractivity contribution in [3.63, 3.8) is 0 Å². The number of nitrogens with one attached hydrogen (secondary N) is 1. The van der Waals surface area contributed by atoms with Crippen molar-refractivity contribution in [2.45, 2.75) is 12.5 Å². The van der Waals surface area contributed by atoms with Crippen LogP contribution in [-0.2, 0) is 13.5 Å². The van der Waals surface area contributed by atoms with Gasteiger partial charge >= 0.3 is 0 Å². The average Bonchev–Trinajstić information content (AvgIpc) is 2.82. The molecule has 0 fully saturated rings. The molecule has 0 spiro atoms. The molecule has 0 aliphatic rings. The number of likely N-dealkylation sites (N-methyl/N-ethyl adjacent to an activating group) is 1. The molecule has 1 unspecified atom stereocenters. The van der Waals surface area contributed by atoms with E-state index in [2.05, 4.69) is 32.3 Å². The monoisotopic (exact) mass is 323 g/mol. The first-order valence-corrected chi connectivity index (χ1v) is 6.91. The van der Waals surface area contributed by atoms with E-state index >= 15 is 0 Å². The van der Waals surface area contributed by atoms with Gasteiger partial charge in [0.2, 0.25) is 0 Å². The Morgan fingerprint density at radius 3 is 2.84 bits per heavy atom. The van der Waals surface area contributed by atoms with Gasteiger partial charge in [-0.15, -0.1) is 0 Å². The number of ether oxygens (including phenoxy) is 1. The van der Waals surface area contributed by atoms with Crippen LogP contribution < -0.4 is 10.1 Å². The van der Waals surface area contributed by atoms with E-state index in [1.165, 1.54) is 0 Å². The van der Waals surface area contributed by atoms with Gasteiger partial charge in [0.1, 0.15) is 5.75 Å². The van der Waals surface area contributed by atoms with Gasteiger partial charge in [0.05, 0.1) is 25.2 Å². The summed E-state index contributed by atoms with van der Waals surface area (Å²) in [6.45, 7) is 0. The molecular formula is C14H18BrN3O. The number of rotatable bonds is 5. The molecule has 1 aromatic heterocycles. The lowest BCUT2D eigenvalue weighted by atomic mass is 10.0. The second-order valence-corrected chi connectivity index (χ2v) is 5.38. The molecule has 1 heterocycles. The predicted octanol–water partition coefficient (Wildman–Crippen LogP) is 2.69. The van der Waals surface area contributed by atoms with Crippen LogP contribution in [0.2, 0.25) is 0 Å². The molecule has 0 saturated heterocycles. The van der Waals surface area contributed by atoms with Crippen LogP contribution in [0.1, 0.15) is 17.3 Å². The molecule has 0 bridgehead atoms. The fraction of sp³-hybridized carbons (Fsp3) is 0.357. The summed E-state index contributed by atoms with van der Waals surface area (Å²) >= 11 is 3.50. The zero-order valence-corrected chi connectivity index (χ0v) is 12.9. The lowest BCUT2D eigenvalue weighted by molar-refractivity contribution is 0.406. The summed E-state index contributed by atoms with van der Waals surface area (Å²) in [7, 11) is 5.62. The normalized spacial score (nSPS) is 12.4. The standard InChI is InChI=1S/C14H18BrN3O/c1-16-12(13-8-18(2)9-17-13)7-10-6-11(15)4-5-14(10)19-3/h4-6,8-9,12,16H,7H2,1-3H3. The second-order valence-electron chi connectivity index (χ2n) is 4.47. The molecule has 2 rings (SSSR count). The van der Waals surface area contributed by atoms with Crippen LogP contribution in [0.15, 0.2) is 35.2 Å². The SMILES string of the molecule is CNC(Cc1cc(Br)ccc1OC)c1cn(C)cn1. The number of halogens is 1. The summed E-state index contributed by atoms with van der Waals surface area (Å²) in [4.78, 5) is 4.41. The Balaban J connectivity index is 2.25. The minimum atomic E-state index is 0.171. The Labute approximate surface area is 121 Å². The average molecular weight is 324 g/mol. The van der Waals surface area contributed by atoms with Crippen LogP contribution in [0, 0.1) is 0 Å². The zero-order valence-electron chi connectivity index (χ0n) is 11.4. The third-order valence-electron chi connectivity index (χ3n) is 3.10. The Morgan fingerprint density at radius 1 is 1.47 bits per heavy atom. The van der Waals surface area contributed by atoms with Crippen molar-refractivity contribution >= 4 is 15.9 Å². The molecule has 1 atom stereocenters. The van der Waals surface area contributed by atoms with Crippen molar-refractivity contribution in [2.24, 2.45) is 7.05 Å². The van der Waals surface area contributed by atoms with Gasteiger partial charge in [0, 0.05) is 17.7 Å².